The number of hydrogen-bond donors (Lipinski definition) is 0. The lowest BCUT2D eigenvalue weighted by Crippen LogP contribution is -2.16. The lowest BCUT2D eigenvalue weighted by molar-refractivity contribution is 1.28. The summed E-state index contributed by atoms with van der Waals surface area (Å²) >= 11 is 3.71. The van der Waals surface area contributed by atoms with Crippen LogP contribution in [0.4, 0.5) is 0 Å². The van der Waals surface area contributed by atoms with E-state index in [0.29, 0.717) is 0 Å². The van der Waals surface area contributed by atoms with Gasteiger partial charge in [0.25, 0.3) is 0 Å². The van der Waals surface area contributed by atoms with Crippen molar-refractivity contribution in [2.75, 3.05) is 0 Å². The minimum absolute atomic E-state index is 1.09. The fourth-order valence-corrected chi connectivity index (χ4v) is 9.05. The molecule has 4 heterocycles. The summed E-state index contributed by atoms with van der Waals surface area (Å²) in [7, 11) is 0. The van der Waals surface area contributed by atoms with Crippen LogP contribution in [0, 0.1) is 0 Å². The summed E-state index contributed by atoms with van der Waals surface area (Å²) < 4.78 is 2.55. The number of aromatic nitrogens is 2. The molecule has 0 saturated carbocycles. The molecule has 0 amide bonds. The number of fused-ring (bicyclic) bond motifs is 2. The topological polar surface area (TPSA) is 25.8 Å². The van der Waals surface area contributed by atoms with Crippen molar-refractivity contribution in [3.8, 4) is 0 Å². The number of pyridine rings is 2. The first-order valence-electron chi connectivity index (χ1n) is 16.0. The van der Waals surface area contributed by atoms with E-state index in [-0.39, 0.29) is 0 Å². The molecule has 0 atom stereocenters. The van der Waals surface area contributed by atoms with Gasteiger partial charge in [0.05, 0.1) is 0 Å². The predicted octanol–water partition coefficient (Wildman–Crippen LogP) is 11.8. The van der Waals surface area contributed by atoms with Gasteiger partial charge in [-0.15, -0.1) is 22.7 Å². The van der Waals surface area contributed by atoms with Crippen molar-refractivity contribution >= 4 is 65.1 Å². The largest absolute Gasteiger partial charge is 0.264 e. The quantitative estimate of drug-likeness (QED) is 0.179. The van der Waals surface area contributed by atoms with E-state index in [1.54, 1.807) is 0 Å². The van der Waals surface area contributed by atoms with Crippen molar-refractivity contribution in [3.05, 3.63) is 214 Å². The molecular weight excluding hydrogens is 621 g/mol. The molecule has 1 aliphatic carbocycles. The third-order valence-electron chi connectivity index (χ3n) is 8.87. The molecule has 0 saturated heterocycles. The summed E-state index contributed by atoms with van der Waals surface area (Å²) in [5.41, 5.74) is 11.9. The molecule has 0 fully saturated rings. The molecular formula is C44H28N2S2. The molecule has 0 unspecified atom stereocenters. The maximum Gasteiger partial charge on any atom is 0.0367 e. The second-order valence-electron chi connectivity index (χ2n) is 11.8. The second-order valence-corrected chi connectivity index (χ2v) is 13.9. The Morgan fingerprint density at radius 3 is 1.23 bits per heavy atom. The van der Waals surface area contributed by atoms with Gasteiger partial charge in [0.2, 0.25) is 0 Å². The van der Waals surface area contributed by atoms with E-state index in [0.717, 1.165) is 11.1 Å². The van der Waals surface area contributed by atoms with Gasteiger partial charge in [0.1, 0.15) is 0 Å². The van der Waals surface area contributed by atoms with Crippen LogP contribution in [0.1, 0.15) is 32.0 Å². The lowest BCUT2D eigenvalue weighted by atomic mass is 9.66. The molecule has 48 heavy (non-hydrogen) atoms. The SMILES string of the molecule is c1ccc(C(=C2C(=C(c3ccccc3)c3cc4ccccc4s3)C(c3cccnc3)=C2c2cccnc2)c2cc3ccccc3s2)cc1. The molecule has 0 N–H and O–H groups in total. The summed E-state index contributed by atoms with van der Waals surface area (Å²) in [5, 5.41) is 2.51. The van der Waals surface area contributed by atoms with Gasteiger partial charge in [0.15, 0.2) is 0 Å². The molecule has 0 bridgehead atoms. The highest BCUT2D eigenvalue weighted by molar-refractivity contribution is 7.20. The zero-order chi connectivity index (χ0) is 31.9. The number of nitrogens with zero attached hydrogens (tertiary/aromatic N) is 2. The molecule has 0 radical (unpaired) electrons. The fraction of sp³-hybridized carbons (Fsp3) is 0. The van der Waals surface area contributed by atoms with Crippen LogP contribution in [0.15, 0.2) is 182 Å². The van der Waals surface area contributed by atoms with E-state index in [1.165, 1.54) is 74.5 Å². The van der Waals surface area contributed by atoms with Gasteiger partial charge >= 0.3 is 0 Å². The van der Waals surface area contributed by atoms with Crippen LogP contribution < -0.4 is 0 Å². The Balaban J connectivity index is 1.50. The Morgan fingerprint density at radius 2 is 0.833 bits per heavy atom. The Morgan fingerprint density at radius 1 is 0.417 bits per heavy atom. The molecule has 4 aromatic carbocycles. The summed E-state index contributed by atoms with van der Waals surface area (Å²) in [6, 6.07) is 52.3. The normalized spacial score (nSPS) is 15.1. The van der Waals surface area contributed by atoms with E-state index < -0.39 is 0 Å². The van der Waals surface area contributed by atoms with Crippen LogP contribution in [-0.4, -0.2) is 9.97 Å². The number of benzene rings is 4. The van der Waals surface area contributed by atoms with Crippen molar-refractivity contribution in [2.45, 2.75) is 0 Å². The van der Waals surface area contributed by atoms with Gasteiger partial charge in [-0.2, -0.15) is 0 Å². The smallest absolute Gasteiger partial charge is 0.0367 e. The number of rotatable bonds is 6. The number of thiophene rings is 2. The summed E-state index contributed by atoms with van der Waals surface area (Å²) in [6.45, 7) is 0. The fourth-order valence-electron chi connectivity index (χ4n) is 6.78. The first-order valence-corrected chi connectivity index (χ1v) is 17.6. The average molecular weight is 649 g/mol. The standard InChI is InChI=1S/C44H28N2S2/c1-3-13-29(14-4-1)39(37-25-31-17-7-9-21-35(31)47-37)43-41(33-19-11-23-45-27-33)42(34-20-12-24-46-28-34)44(43)40(30-15-5-2-6-16-30)38-26-32-18-8-10-22-36(32)48-38/h1-28H. The minimum atomic E-state index is 1.09. The Labute approximate surface area is 287 Å². The van der Waals surface area contributed by atoms with Gasteiger partial charge in [-0.05, 0) is 58.3 Å². The highest BCUT2D eigenvalue weighted by atomic mass is 32.1. The third kappa shape index (κ3) is 4.94. The lowest BCUT2D eigenvalue weighted by Gasteiger charge is -2.36. The Bertz CT molecular complexity index is 2280. The van der Waals surface area contributed by atoms with E-state index in [9.17, 15) is 0 Å². The van der Waals surface area contributed by atoms with E-state index >= 15 is 0 Å². The van der Waals surface area contributed by atoms with Crippen LogP contribution in [0.5, 0.6) is 0 Å². The van der Waals surface area contributed by atoms with Crippen molar-refractivity contribution in [2.24, 2.45) is 0 Å². The third-order valence-corrected chi connectivity index (χ3v) is 11.1. The van der Waals surface area contributed by atoms with Crippen molar-refractivity contribution in [1.82, 2.24) is 9.97 Å². The van der Waals surface area contributed by atoms with Gasteiger partial charge in [-0.3, -0.25) is 9.97 Å². The molecule has 0 spiro atoms. The molecule has 2 nitrogen and oxygen atoms in total. The average Bonchev–Trinajstić information content (AvgIpc) is 3.78. The van der Waals surface area contributed by atoms with Gasteiger partial charge < -0.3 is 0 Å². The van der Waals surface area contributed by atoms with Crippen molar-refractivity contribution < 1.29 is 0 Å². The van der Waals surface area contributed by atoms with Crippen molar-refractivity contribution in [1.29, 1.82) is 0 Å². The predicted molar refractivity (Wildman–Crippen MR) is 204 cm³/mol. The maximum absolute atomic E-state index is 4.62. The van der Waals surface area contributed by atoms with Crippen LogP contribution in [0.3, 0.4) is 0 Å². The summed E-state index contributed by atoms with van der Waals surface area (Å²) in [6.07, 6.45) is 7.70. The molecule has 4 aromatic heterocycles. The van der Waals surface area contributed by atoms with Gasteiger partial charge in [-0.1, -0.05) is 109 Å². The second kappa shape index (κ2) is 12.2. The summed E-state index contributed by atoms with van der Waals surface area (Å²) in [5.74, 6) is 0. The zero-order valence-electron chi connectivity index (χ0n) is 25.9. The van der Waals surface area contributed by atoms with Crippen LogP contribution in [-0.2, 0) is 0 Å². The molecule has 1 aliphatic rings. The molecule has 8 aromatic rings. The van der Waals surface area contributed by atoms with E-state index in [2.05, 4.69) is 143 Å². The molecule has 4 heteroatoms. The molecule has 9 rings (SSSR count). The molecule has 0 aliphatic heterocycles. The summed E-state index contributed by atoms with van der Waals surface area (Å²) in [4.78, 5) is 11.7. The van der Waals surface area contributed by atoms with Crippen LogP contribution in [0.25, 0.3) is 42.5 Å². The Hall–Kier alpha value is -5.68. The maximum atomic E-state index is 4.62. The van der Waals surface area contributed by atoms with Gasteiger partial charge in [-0.25, -0.2) is 0 Å². The van der Waals surface area contributed by atoms with Crippen LogP contribution in [0.2, 0.25) is 0 Å². The van der Waals surface area contributed by atoms with E-state index in [1.807, 2.05) is 59.6 Å². The van der Waals surface area contributed by atoms with E-state index in [4.69, 9.17) is 0 Å². The Kier molecular flexibility index (Phi) is 7.23. The minimum Gasteiger partial charge on any atom is -0.264 e. The van der Waals surface area contributed by atoms with Crippen molar-refractivity contribution in [3.63, 3.8) is 0 Å². The first-order chi connectivity index (χ1) is 23.8. The number of hydrogen-bond acceptors (Lipinski definition) is 4. The number of allylic oxidation sites excluding steroid dienone is 4. The van der Waals surface area contributed by atoms with Crippen LogP contribution >= 0.6 is 22.7 Å². The van der Waals surface area contributed by atoms with Gasteiger partial charge in [0, 0.05) is 88.5 Å². The highest BCUT2D eigenvalue weighted by Crippen LogP contribution is 2.59. The monoisotopic (exact) mass is 648 g/mol. The zero-order valence-corrected chi connectivity index (χ0v) is 27.5. The highest BCUT2D eigenvalue weighted by Gasteiger charge is 2.38. The first kappa shape index (κ1) is 28.5. The molecule has 226 valence electrons.